The zero-order chi connectivity index (χ0) is 9.03. The molecule has 12 heavy (non-hydrogen) atoms. The molecule has 1 unspecified atom stereocenters. The number of nitrogens with zero attached hydrogens (tertiary/aromatic N) is 1. The lowest BCUT2D eigenvalue weighted by molar-refractivity contribution is 0.176. The van der Waals surface area contributed by atoms with E-state index in [0.717, 1.165) is 18.9 Å². The van der Waals surface area contributed by atoms with Crippen LogP contribution >= 0.6 is 0 Å². The molecule has 0 spiro atoms. The zero-order valence-corrected chi connectivity index (χ0v) is 8.27. The first-order chi connectivity index (χ1) is 5.64. The SMILES string of the molecule is [C-]#[N+]CCC1CCCC(C)(C)C1. The van der Waals surface area contributed by atoms with Crippen LogP contribution in [0.1, 0.15) is 46.0 Å². The average Bonchev–Trinajstić information content (AvgIpc) is 1.99. The van der Waals surface area contributed by atoms with Crippen LogP contribution in [0.15, 0.2) is 0 Å². The molecule has 0 saturated heterocycles. The molecule has 1 atom stereocenters. The van der Waals surface area contributed by atoms with Gasteiger partial charge in [0.15, 0.2) is 0 Å². The third kappa shape index (κ3) is 2.85. The molecule has 0 heterocycles. The first kappa shape index (κ1) is 9.58. The van der Waals surface area contributed by atoms with Gasteiger partial charge < -0.3 is 4.85 Å². The molecule has 0 aliphatic heterocycles. The summed E-state index contributed by atoms with van der Waals surface area (Å²) in [5.41, 5.74) is 0.547. The monoisotopic (exact) mass is 165 g/mol. The normalized spacial score (nSPS) is 27.9. The van der Waals surface area contributed by atoms with Crippen LogP contribution in [0, 0.1) is 17.9 Å². The van der Waals surface area contributed by atoms with Crippen molar-refractivity contribution in [1.29, 1.82) is 0 Å². The molecule has 0 amide bonds. The van der Waals surface area contributed by atoms with Crippen molar-refractivity contribution in [3.8, 4) is 0 Å². The highest BCUT2D eigenvalue weighted by Gasteiger charge is 2.27. The minimum Gasteiger partial charge on any atom is -0.317 e. The maximum Gasteiger partial charge on any atom is 0.214 e. The molecule has 1 aliphatic rings. The second-order valence-corrected chi connectivity index (χ2v) is 4.80. The molecule has 0 radical (unpaired) electrons. The summed E-state index contributed by atoms with van der Waals surface area (Å²) in [4.78, 5) is 3.43. The van der Waals surface area contributed by atoms with Gasteiger partial charge in [-0.05, 0) is 24.2 Å². The first-order valence-electron chi connectivity index (χ1n) is 4.97. The van der Waals surface area contributed by atoms with Crippen LogP contribution in [0.3, 0.4) is 0 Å². The molecule has 0 bridgehead atoms. The number of rotatable bonds is 2. The van der Waals surface area contributed by atoms with Crippen molar-refractivity contribution in [3.05, 3.63) is 11.4 Å². The molecule has 0 N–H and O–H groups in total. The molecule has 0 aromatic rings. The lowest BCUT2D eigenvalue weighted by Gasteiger charge is -2.34. The van der Waals surface area contributed by atoms with E-state index in [1.807, 2.05) is 0 Å². The highest BCUT2D eigenvalue weighted by atomic mass is 14.6. The summed E-state index contributed by atoms with van der Waals surface area (Å²) in [6.45, 7) is 12.2. The van der Waals surface area contributed by atoms with Crippen molar-refractivity contribution >= 4 is 0 Å². The highest BCUT2D eigenvalue weighted by molar-refractivity contribution is 4.80. The standard InChI is InChI=1S/C11H19N/c1-11(2)7-4-5-10(9-11)6-8-12-3/h10H,4-9H2,1-2H3. The number of hydrogen-bond acceptors (Lipinski definition) is 0. The van der Waals surface area contributed by atoms with Crippen LogP contribution < -0.4 is 0 Å². The van der Waals surface area contributed by atoms with Crippen LogP contribution in [0.2, 0.25) is 0 Å². The fourth-order valence-electron chi connectivity index (χ4n) is 2.35. The van der Waals surface area contributed by atoms with E-state index in [9.17, 15) is 0 Å². The Balaban J connectivity index is 2.32. The first-order valence-corrected chi connectivity index (χ1v) is 4.97. The van der Waals surface area contributed by atoms with Crippen LogP contribution in [0.5, 0.6) is 0 Å². The van der Waals surface area contributed by atoms with Crippen LogP contribution in [-0.2, 0) is 0 Å². The average molecular weight is 165 g/mol. The van der Waals surface area contributed by atoms with Gasteiger partial charge in [0.05, 0.1) is 0 Å². The van der Waals surface area contributed by atoms with Gasteiger partial charge in [0.25, 0.3) is 0 Å². The van der Waals surface area contributed by atoms with Crippen molar-refractivity contribution in [3.63, 3.8) is 0 Å². The Hall–Kier alpha value is -0.510. The van der Waals surface area contributed by atoms with E-state index in [2.05, 4.69) is 18.7 Å². The van der Waals surface area contributed by atoms with E-state index < -0.39 is 0 Å². The third-order valence-corrected chi connectivity index (χ3v) is 2.96. The van der Waals surface area contributed by atoms with Gasteiger partial charge in [-0.1, -0.05) is 26.7 Å². The summed E-state index contributed by atoms with van der Waals surface area (Å²) in [7, 11) is 0. The fraction of sp³-hybridized carbons (Fsp3) is 0.909. The van der Waals surface area contributed by atoms with Crippen molar-refractivity contribution in [2.75, 3.05) is 6.54 Å². The van der Waals surface area contributed by atoms with Gasteiger partial charge >= 0.3 is 0 Å². The smallest absolute Gasteiger partial charge is 0.214 e. The Labute approximate surface area is 76.0 Å². The Kier molecular flexibility index (Phi) is 3.14. The summed E-state index contributed by atoms with van der Waals surface area (Å²) in [6.07, 6.45) is 6.57. The Morgan fingerprint density at radius 2 is 2.25 bits per heavy atom. The minimum atomic E-state index is 0.547. The van der Waals surface area contributed by atoms with E-state index in [1.165, 1.54) is 25.7 Å². The van der Waals surface area contributed by atoms with Gasteiger partial charge in [-0.3, -0.25) is 0 Å². The zero-order valence-electron chi connectivity index (χ0n) is 8.27. The molecule has 1 nitrogen and oxygen atoms in total. The molecule has 1 fully saturated rings. The summed E-state index contributed by atoms with van der Waals surface area (Å²) in [5.74, 6) is 0.836. The van der Waals surface area contributed by atoms with Crippen LogP contribution in [-0.4, -0.2) is 6.54 Å². The molecule has 1 aliphatic carbocycles. The van der Waals surface area contributed by atoms with Crippen molar-refractivity contribution in [2.24, 2.45) is 11.3 Å². The second kappa shape index (κ2) is 3.94. The molecule has 68 valence electrons. The molecule has 1 rings (SSSR count). The fourth-order valence-corrected chi connectivity index (χ4v) is 2.35. The number of hydrogen-bond donors (Lipinski definition) is 0. The maximum atomic E-state index is 6.75. The van der Waals surface area contributed by atoms with Gasteiger partial charge in [-0.25, -0.2) is 6.57 Å². The molecule has 1 heteroatoms. The van der Waals surface area contributed by atoms with E-state index in [4.69, 9.17) is 6.57 Å². The Morgan fingerprint density at radius 1 is 1.50 bits per heavy atom. The molecule has 0 aromatic heterocycles. The largest absolute Gasteiger partial charge is 0.317 e. The lowest BCUT2D eigenvalue weighted by atomic mass is 9.71. The molecule has 1 saturated carbocycles. The van der Waals surface area contributed by atoms with E-state index in [-0.39, 0.29) is 0 Å². The summed E-state index contributed by atoms with van der Waals surface area (Å²) in [5, 5.41) is 0. The van der Waals surface area contributed by atoms with Gasteiger partial charge in [-0.15, -0.1) is 0 Å². The lowest BCUT2D eigenvalue weighted by Crippen LogP contribution is -2.22. The van der Waals surface area contributed by atoms with Crippen molar-refractivity contribution in [2.45, 2.75) is 46.0 Å². The topological polar surface area (TPSA) is 4.36 Å². The van der Waals surface area contributed by atoms with E-state index in [1.54, 1.807) is 0 Å². The maximum absolute atomic E-state index is 6.75. The third-order valence-electron chi connectivity index (χ3n) is 2.96. The summed E-state index contributed by atoms with van der Waals surface area (Å²) in [6, 6.07) is 0. The van der Waals surface area contributed by atoms with Crippen molar-refractivity contribution < 1.29 is 0 Å². The Bertz CT molecular complexity index is 176. The minimum absolute atomic E-state index is 0.547. The second-order valence-electron chi connectivity index (χ2n) is 4.80. The van der Waals surface area contributed by atoms with Gasteiger partial charge in [0.1, 0.15) is 0 Å². The summed E-state index contributed by atoms with van der Waals surface area (Å²) < 4.78 is 0. The highest BCUT2D eigenvalue weighted by Crippen LogP contribution is 2.39. The predicted octanol–water partition coefficient (Wildman–Crippen LogP) is 3.51. The molecular weight excluding hydrogens is 146 g/mol. The van der Waals surface area contributed by atoms with E-state index in [0.29, 0.717) is 5.41 Å². The van der Waals surface area contributed by atoms with Gasteiger partial charge in [0.2, 0.25) is 6.54 Å². The van der Waals surface area contributed by atoms with Crippen molar-refractivity contribution in [1.82, 2.24) is 0 Å². The molecular formula is C11H19N. The van der Waals surface area contributed by atoms with Crippen LogP contribution in [0.25, 0.3) is 4.85 Å². The quantitative estimate of drug-likeness (QED) is 0.551. The van der Waals surface area contributed by atoms with Gasteiger partial charge in [-0.2, -0.15) is 0 Å². The van der Waals surface area contributed by atoms with Crippen LogP contribution in [0.4, 0.5) is 0 Å². The Morgan fingerprint density at radius 3 is 2.83 bits per heavy atom. The van der Waals surface area contributed by atoms with E-state index >= 15 is 0 Å². The predicted molar refractivity (Wildman–Crippen MR) is 51.8 cm³/mol. The van der Waals surface area contributed by atoms with Gasteiger partial charge in [0, 0.05) is 6.42 Å². The molecule has 0 aromatic carbocycles. The summed E-state index contributed by atoms with van der Waals surface area (Å²) >= 11 is 0.